The van der Waals surface area contributed by atoms with Gasteiger partial charge in [0.15, 0.2) is 0 Å². The van der Waals surface area contributed by atoms with Gasteiger partial charge in [-0.05, 0) is 43.2 Å². The molecule has 1 aliphatic carbocycles. The Balaban J connectivity index is 1.85. The average molecular weight is 257 g/mol. The first-order valence-electron chi connectivity index (χ1n) is 7.14. The second kappa shape index (κ2) is 5.65. The van der Waals surface area contributed by atoms with E-state index < -0.39 is 0 Å². The molecular formula is C17H23NO. The first-order chi connectivity index (χ1) is 9.05. The summed E-state index contributed by atoms with van der Waals surface area (Å²) in [5, 5.41) is 9.50. The molecule has 1 fully saturated rings. The third kappa shape index (κ3) is 3.73. The number of benzene rings is 1. The van der Waals surface area contributed by atoms with Crippen LogP contribution in [0.2, 0.25) is 0 Å². The van der Waals surface area contributed by atoms with Crippen LogP contribution < -0.4 is 4.74 Å². The van der Waals surface area contributed by atoms with Crippen LogP contribution in [0.3, 0.4) is 0 Å². The number of hydrogen-bond acceptors (Lipinski definition) is 2. The highest BCUT2D eigenvalue weighted by Gasteiger charge is 2.38. The highest BCUT2D eigenvalue weighted by atomic mass is 16.5. The summed E-state index contributed by atoms with van der Waals surface area (Å²) in [6.07, 6.45) is 5.15. The molecule has 0 atom stereocenters. The molecule has 0 amide bonds. The molecule has 0 saturated heterocycles. The fourth-order valence-electron chi connectivity index (χ4n) is 2.70. The van der Waals surface area contributed by atoms with Crippen molar-refractivity contribution in [3.05, 3.63) is 30.3 Å². The molecule has 2 nitrogen and oxygen atoms in total. The maximum atomic E-state index is 9.50. The third-order valence-corrected chi connectivity index (χ3v) is 4.39. The minimum Gasteiger partial charge on any atom is -0.494 e. The van der Waals surface area contributed by atoms with E-state index in [4.69, 9.17) is 4.74 Å². The van der Waals surface area contributed by atoms with Crippen molar-refractivity contribution >= 4 is 0 Å². The van der Waals surface area contributed by atoms with Crippen LogP contribution >= 0.6 is 0 Å². The van der Waals surface area contributed by atoms with Crippen LogP contribution in [0.15, 0.2) is 30.3 Å². The van der Waals surface area contributed by atoms with E-state index in [1.165, 1.54) is 0 Å². The molecule has 19 heavy (non-hydrogen) atoms. The van der Waals surface area contributed by atoms with Crippen molar-refractivity contribution in [3.8, 4) is 11.8 Å². The summed E-state index contributed by atoms with van der Waals surface area (Å²) in [6.45, 7) is 5.24. The molecule has 0 unspecified atom stereocenters. The van der Waals surface area contributed by atoms with Gasteiger partial charge in [0.05, 0.1) is 18.1 Å². The van der Waals surface area contributed by atoms with E-state index >= 15 is 0 Å². The SMILES string of the molecule is CC1(C)CCC(C#N)(CCOc2ccccc2)CC1. The fourth-order valence-corrected chi connectivity index (χ4v) is 2.70. The Morgan fingerprint density at radius 1 is 1.11 bits per heavy atom. The van der Waals surface area contributed by atoms with E-state index in [-0.39, 0.29) is 5.41 Å². The molecule has 1 aliphatic rings. The van der Waals surface area contributed by atoms with Gasteiger partial charge < -0.3 is 4.74 Å². The maximum absolute atomic E-state index is 9.50. The molecule has 2 heteroatoms. The number of ether oxygens (including phenoxy) is 1. The minimum atomic E-state index is -0.162. The van der Waals surface area contributed by atoms with Gasteiger partial charge in [0, 0.05) is 6.42 Å². The second-order valence-electron chi connectivity index (χ2n) is 6.47. The number of nitriles is 1. The lowest BCUT2D eigenvalue weighted by molar-refractivity contribution is 0.120. The van der Waals surface area contributed by atoms with Crippen LogP contribution in [0.4, 0.5) is 0 Å². The zero-order valence-electron chi connectivity index (χ0n) is 12.0. The number of hydrogen-bond donors (Lipinski definition) is 0. The Kier molecular flexibility index (Phi) is 4.14. The van der Waals surface area contributed by atoms with Gasteiger partial charge in [-0.15, -0.1) is 0 Å². The molecule has 1 saturated carbocycles. The summed E-state index contributed by atoms with van der Waals surface area (Å²) in [6, 6.07) is 12.4. The van der Waals surface area contributed by atoms with Gasteiger partial charge in [-0.2, -0.15) is 5.26 Å². The van der Waals surface area contributed by atoms with Crippen molar-refractivity contribution in [2.75, 3.05) is 6.61 Å². The van der Waals surface area contributed by atoms with Crippen molar-refractivity contribution in [1.29, 1.82) is 5.26 Å². The summed E-state index contributed by atoms with van der Waals surface area (Å²) in [4.78, 5) is 0. The molecule has 0 radical (unpaired) electrons. The van der Waals surface area contributed by atoms with Crippen molar-refractivity contribution in [2.45, 2.75) is 46.0 Å². The predicted molar refractivity (Wildman–Crippen MR) is 76.8 cm³/mol. The number of nitrogens with zero attached hydrogens (tertiary/aromatic N) is 1. The molecule has 0 aliphatic heterocycles. The van der Waals surface area contributed by atoms with Crippen molar-refractivity contribution in [2.24, 2.45) is 10.8 Å². The topological polar surface area (TPSA) is 33.0 Å². The molecule has 2 rings (SSSR count). The van der Waals surface area contributed by atoms with Gasteiger partial charge in [0.1, 0.15) is 5.75 Å². The Bertz CT molecular complexity index is 434. The van der Waals surface area contributed by atoms with Crippen molar-refractivity contribution in [1.82, 2.24) is 0 Å². The van der Waals surface area contributed by atoms with Crippen LogP contribution in [-0.2, 0) is 0 Å². The lowest BCUT2D eigenvalue weighted by atomic mass is 9.64. The Morgan fingerprint density at radius 3 is 2.32 bits per heavy atom. The van der Waals surface area contributed by atoms with Gasteiger partial charge in [-0.3, -0.25) is 0 Å². The van der Waals surface area contributed by atoms with E-state index in [1.807, 2.05) is 30.3 Å². The van der Waals surface area contributed by atoms with E-state index in [0.29, 0.717) is 12.0 Å². The molecule has 1 aromatic rings. The fraction of sp³-hybridized carbons (Fsp3) is 0.588. The molecular weight excluding hydrogens is 234 g/mol. The van der Waals surface area contributed by atoms with E-state index in [9.17, 15) is 5.26 Å². The summed E-state index contributed by atoms with van der Waals surface area (Å²) >= 11 is 0. The number of para-hydroxylation sites is 1. The highest BCUT2D eigenvalue weighted by molar-refractivity contribution is 5.20. The predicted octanol–water partition coefficient (Wildman–Crippen LogP) is 4.57. The standard InChI is InChI=1S/C17H23NO/c1-16(2)8-10-17(14-18,11-9-16)12-13-19-15-6-4-3-5-7-15/h3-7H,8-13H2,1-2H3. The normalized spacial score (nSPS) is 20.5. The summed E-state index contributed by atoms with van der Waals surface area (Å²) in [5.74, 6) is 0.895. The maximum Gasteiger partial charge on any atom is 0.119 e. The molecule has 0 heterocycles. The van der Waals surface area contributed by atoms with E-state index in [0.717, 1.165) is 37.9 Å². The Hall–Kier alpha value is -1.49. The summed E-state index contributed by atoms with van der Waals surface area (Å²) < 4.78 is 5.74. The lowest BCUT2D eigenvalue weighted by Crippen LogP contribution is -2.31. The van der Waals surface area contributed by atoms with Gasteiger partial charge in [-0.1, -0.05) is 32.0 Å². The smallest absolute Gasteiger partial charge is 0.119 e. The van der Waals surface area contributed by atoms with Gasteiger partial charge >= 0.3 is 0 Å². The van der Waals surface area contributed by atoms with Crippen molar-refractivity contribution < 1.29 is 4.74 Å². The molecule has 0 spiro atoms. The Labute approximate surface area is 116 Å². The zero-order valence-corrected chi connectivity index (χ0v) is 12.0. The van der Waals surface area contributed by atoms with Gasteiger partial charge in [-0.25, -0.2) is 0 Å². The summed E-state index contributed by atoms with van der Waals surface area (Å²) in [5.41, 5.74) is 0.241. The first kappa shape index (κ1) is 13.9. The zero-order chi connectivity index (χ0) is 13.8. The van der Waals surface area contributed by atoms with Crippen LogP contribution in [0.5, 0.6) is 5.75 Å². The molecule has 0 N–H and O–H groups in total. The second-order valence-corrected chi connectivity index (χ2v) is 6.47. The monoisotopic (exact) mass is 257 g/mol. The molecule has 0 aromatic heterocycles. The largest absolute Gasteiger partial charge is 0.494 e. The molecule has 102 valence electrons. The van der Waals surface area contributed by atoms with Crippen LogP contribution in [-0.4, -0.2) is 6.61 Å². The quantitative estimate of drug-likeness (QED) is 0.791. The first-order valence-corrected chi connectivity index (χ1v) is 7.14. The molecule has 1 aromatic carbocycles. The number of rotatable bonds is 4. The lowest BCUT2D eigenvalue weighted by Gasteiger charge is -2.39. The van der Waals surface area contributed by atoms with E-state index in [1.54, 1.807) is 0 Å². The van der Waals surface area contributed by atoms with Gasteiger partial charge in [0.2, 0.25) is 0 Å². The average Bonchev–Trinajstić information content (AvgIpc) is 2.42. The minimum absolute atomic E-state index is 0.162. The summed E-state index contributed by atoms with van der Waals surface area (Å²) in [7, 11) is 0. The molecule has 0 bridgehead atoms. The van der Waals surface area contributed by atoms with Crippen LogP contribution in [0.1, 0.15) is 46.0 Å². The van der Waals surface area contributed by atoms with Gasteiger partial charge in [0.25, 0.3) is 0 Å². The third-order valence-electron chi connectivity index (χ3n) is 4.39. The van der Waals surface area contributed by atoms with Crippen LogP contribution in [0, 0.1) is 22.2 Å². The van der Waals surface area contributed by atoms with E-state index in [2.05, 4.69) is 19.9 Å². The van der Waals surface area contributed by atoms with Crippen molar-refractivity contribution in [3.63, 3.8) is 0 Å². The highest BCUT2D eigenvalue weighted by Crippen LogP contribution is 2.46. The van der Waals surface area contributed by atoms with Crippen LogP contribution in [0.25, 0.3) is 0 Å². The Morgan fingerprint density at radius 2 is 1.74 bits per heavy atom.